The molecule has 1 aromatic heterocycles. The van der Waals surface area contributed by atoms with Crippen LogP contribution in [-0.4, -0.2) is 53.9 Å². The molecule has 0 spiro atoms. The number of H-pyrrole nitrogens is 1. The van der Waals surface area contributed by atoms with Crippen molar-refractivity contribution in [3.05, 3.63) is 47.3 Å². The lowest BCUT2D eigenvalue weighted by atomic mass is 10.1. The van der Waals surface area contributed by atoms with Crippen molar-refractivity contribution in [2.24, 2.45) is 0 Å². The van der Waals surface area contributed by atoms with Gasteiger partial charge in [0, 0.05) is 24.8 Å². The Morgan fingerprint density at radius 3 is 2.57 bits per heavy atom. The number of benzene rings is 1. The summed E-state index contributed by atoms with van der Waals surface area (Å²) in [6.45, 7) is 4.70. The molecule has 0 atom stereocenters. The van der Waals surface area contributed by atoms with Gasteiger partial charge in [0.15, 0.2) is 23.9 Å². The van der Waals surface area contributed by atoms with E-state index in [1.165, 1.54) is 19.2 Å². The Balaban J connectivity index is 1.57. The van der Waals surface area contributed by atoms with Crippen LogP contribution in [0.4, 0.5) is 0 Å². The van der Waals surface area contributed by atoms with Crippen molar-refractivity contribution in [2.75, 3.05) is 26.4 Å². The van der Waals surface area contributed by atoms with Gasteiger partial charge < -0.3 is 24.1 Å². The Bertz CT molecular complexity index is 889. The van der Waals surface area contributed by atoms with Crippen LogP contribution in [0.15, 0.2) is 30.5 Å². The minimum atomic E-state index is -0.684. The summed E-state index contributed by atoms with van der Waals surface area (Å²) < 4.78 is 16.1. The minimum absolute atomic E-state index is 0.132. The van der Waals surface area contributed by atoms with Gasteiger partial charge in [-0.25, -0.2) is 4.79 Å². The minimum Gasteiger partial charge on any atom is -0.486 e. The van der Waals surface area contributed by atoms with Gasteiger partial charge in [0.1, 0.15) is 18.9 Å². The van der Waals surface area contributed by atoms with E-state index in [1.54, 1.807) is 4.90 Å². The van der Waals surface area contributed by atoms with E-state index in [0.717, 1.165) is 5.56 Å². The monoisotopic (exact) mass is 386 g/mol. The average Bonchev–Trinajstić information content (AvgIpc) is 3.20. The SMILES string of the molecule is CCN(Cc1ccc2c(c1)OCCO2)C(=O)COC(=O)c1cc(C(C)=O)c[nH]1. The van der Waals surface area contributed by atoms with Crippen molar-refractivity contribution in [1.82, 2.24) is 9.88 Å². The molecule has 0 bridgehead atoms. The smallest absolute Gasteiger partial charge is 0.355 e. The highest BCUT2D eigenvalue weighted by Gasteiger charge is 2.19. The lowest BCUT2D eigenvalue weighted by Gasteiger charge is -2.23. The Morgan fingerprint density at radius 1 is 1.14 bits per heavy atom. The largest absolute Gasteiger partial charge is 0.486 e. The third-order valence-corrected chi connectivity index (χ3v) is 4.35. The molecule has 0 saturated carbocycles. The van der Waals surface area contributed by atoms with E-state index in [1.807, 2.05) is 25.1 Å². The molecular formula is C20H22N2O6. The Kier molecular flexibility index (Phi) is 5.98. The van der Waals surface area contributed by atoms with Gasteiger partial charge in [-0.3, -0.25) is 9.59 Å². The molecule has 8 heteroatoms. The molecule has 3 rings (SSSR count). The van der Waals surface area contributed by atoms with Crippen molar-refractivity contribution in [3.63, 3.8) is 0 Å². The number of nitrogens with zero attached hydrogens (tertiary/aromatic N) is 1. The molecule has 0 unspecified atom stereocenters. The summed E-state index contributed by atoms with van der Waals surface area (Å²) in [6, 6.07) is 6.94. The van der Waals surface area contributed by atoms with Gasteiger partial charge in [-0.2, -0.15) is 0 Å². The first kappa shape index (κ1) is 19.5. The number of Topliss-reactive ketones (excluding diaryl/α,β-unsaturated/α-hetero) is 1. The number of hydrogen-bond acceptors (Lipinski definition) is 6. The number of nitrogens with one attached hydrogen (secondary N) is 1. The van der Waals surface area contributed by atoms with Gasteiger partial charge in [0.05, 0.1) is 0 Å². The first-order chi connectivity index (χ1) is 13.5. The molecule has 1 aromatic carbocycles. The van der Waals surface area contributed by atoms with Crippen molar-refractivity contribution < 1.29 is 28.6 Å². The molecule has 0 saturated heterocycles. The van der Waals surface area contributed by atoms with Crippen molar-refractivity contribution in [3.8, 4) is 11.5 Å². The maximum Gasteiger partial charge on any atom is 0.355 e. The number of esters is 1. The number of aromatic amines is 1. The first-order valence-corrected chi connectivity index (χ1v) is 9.00. The number of hydrogen-bond donors (Lipinski definition) is 1. The standard InChI is InChI=1S/C20H22N2O6/c1-3-22(11-14-4-5-17-18(8-14)27-7-6-26-17)19(24)12-28-20(25)16-9-15(10-21-16)13(2)23/h4-5,8-10,21H,3,6-7,11-12H2,1-2H3. The molecule has 0 aliphatic carbocycles. The number of aromatic nitrogens is 1. The van der Waals surface area contributed by atoms with E-state index >= 15 is 0 Å². The predicted octanol–water partition coefficient (Wildman–Crippen LogP) is 2.19. The number of amides is 1. The van der Waals surface area contributed by atoms with Gasteiger partial charge in [0.25, 0.3) is 5.91 Å². The molecule has 8 nitrogen and oxygen atoms in total. The third-order valence-electron chi connectivity index (χ3n) is 4.35. The molecule has 28 heavy (non-hydrogen) atoms. The van der Waals surface area contributed by atoms with Gasteiger partial charge in [0.2, 0.25) is 0 Å². The zero-order valence-electron chi connectivity index (χ0n) is 15.8. The second-order valence-corrected chi connectivity index (χ2v) is 6.32. The van der Waals surface area contributed by atoms with Gasteiger partial charge in [-0.15, -0.1) is 0 Å². The van der Waals surface area contributed by atoms with E-state index in [4.69, 9.17) is 14.2 Å². The fraction of sp³-hybridized carbons (Fsp3) is 0.350. The van der Waals surface area contributed by atoms with Crippen LogP contribution >= 0.6 is 0 Å². The summed E-state index contributed by atoms with van der Waals surface area (Å²) in [4.78, 5) is 40.0. The fourth-order valence-electron chi connectivity index (χ4n) is 2.79. The quantitative estimate of drug-likeness (QED) is 0.579. The van der Waals surface area contributed by atoms with Gasteiger partial charge in [-0.1, -0.05) is 6.07 Å². The number of rotatable bonds is 7. The molecule has 0 fully saturated rings. The lowest BCUT2D eigenvalue weighted by Crippen LogP contribution is -2.34. The predicted molar refractivity (Wildman–Crippen MR) is 99.6 cm³/mol. The summed E-state index contributed by atoms with van der Waals surface area (Å²) >= 11 is 0. The number of ether oxygens (including phenoxy) is 3. The maximum atomic E-state index is 12.4. The highest BCUT2D eigenvalue weighted by Crippen LogP contribution is 2.31. The number of carbonyl (C=O) groups is 3. The van der Waals surface area contributed by atoms with E-state index < -0.39 is 5.97 Å². The van der Waals surface area contributed by atoms with E-state index in [2.05, 4.69) is 4.98 Å². The Hall–Kier alpha value is -3.29. The summed E-state index contributed by atoms with van der Waals surface area (Å²) in [5.41, 5.74) is 1.40. The summed E-state index contributed by atoms with van der Waals surface area (Å²) in [7, 11) is 0. The third kappa shape index (κ3) is 4.51. The highest BCUT2D eigenvalue weighted by atomic mass is 16.6. The van der Waals surface area contributed by atoms with Gasteiger partial charge >= 0.3 is 5.97 Å². The summed E-state index contributed by atoms with van der Waals surface area (Å²) in [5, 5.41) is 0. The van der Waals surface area contributed by atoms with E-state index in [9.17, 15) is 14.4 Å². The van der Waals surface area contributed by atoms with Crippen LogP contribution < -0.4 is 9.47 Å². The number of likely N-dealkylation sites (N-methyl/N-ethyl adjacent to an activating group) is 1. The van der Waals surface area contributed by atoms with Crippen LogP contribution in [0.1, 0.15) is 40.3 Å². The summed E-state index contributed by atoms with van der Waals surface area (Å²) in [6.07, 6.45) is 1.43. The van der Waals surface area contributed by atoms with Crippen LogP contribution in [0.25, 0.3) is 0 Å². The van der Waals surface area contributed by atoms with E-state index in [0.29, 0.717) is 43.4 Å². The lowest BCUT2D eigenvalue weighted by molar-refractivity contribution is -0.135. The van der Waals surface area contributed by atoms with Gasteiger partial charge in [-0.05, 0) is 37.6 Å². The second kappa shape index (κ2) is 8.60. The molecule has 2 heterocycles. The normalized spacial score (nSPS) is 12.4. The van der Waals surface area contributed by atoms with Crippen LogP contribution in [0.5, 0.6) is 11.5 Å². The Labute approximate surface area is 162 Å². The highest BCUT2D eigenvalue weighted by molar-refractivity contribution is 5.97. The molecule has 148 valence electrons. The average molecular weight is 386 g/mol. The second-order valence-electron chi connectivity index (χ2n) is 6.32. The van der Waals surface area contributed by atoms with Crippen LogP contribution in [-0.2, 0) is 16.1 Å². The molecular weight excluding hydrogens is 364 g/mol. The van der Waals surface area contributed by atoms with Crippen LogP contribution in [0.3, 0.4) is 0 Å². The molecule has 1 N–H and O–H groups in total. The molecule has 1 aliphatic heterocycles. The molecule has 1 amide bonds. The zero-order chi connectivity index (χ0) is 20.1. The van der Waals surface area contributed by atoms with Crippen molar-refractivity contribution >= 4 is 17.7 Å². The maximum absolute atomic E-state index is 12.4. The first-order valence-electron chi connectivity index (χ1n) is 9.00. The molecule has 2 aromatic rings. The topological polar surface area (TPSA) is 97.9 Å². The van der Waals surface area contributed by atoms with Crippen molar-refractivity contribution in [1.29, 1.82) is 0 Å². The van der Waals surface area contributed by atoms with E-state index in [-0.39, 0.29) is 24.0 Å². The number of carbonyl (C=O) groups excluding carboxylic acids is 3. The molecule has 0 radical (unpaired) electrons. The Morgan fingerprint density at radius 2 is 1.89 bits per heavy atom. The molecule has 1 aliphatic rings. The summed E-state index contributed by atoms with van der Waals surface area (Å²) in [5.74, 6) is 0.184. The number of ketones is 1. The van der Waals surface area contributed by atoms with Crippen molar-refractivity contribution in [2.45, 2.75) is 20.4 Å². The zero-order valence-corrected chi connectivity index (χ0v) is 15.8. The van der Waals surface area contributed by atoms with Crippen LogP contribution in [0, 0.1) is 0 Å². The van der Waals surface area contributed by atoms with Crippen LogP contribution in [0.2, 0.25) is 0 Å². The number of fused-ring (bicyclic) bond motifs is 1. The fourth-order valence-corrected chi connectivity index (χ4v) is 2.79.